The Morgan fingerprint density at radius 1 is 1.05 bits per heavy atom. The van der Waals surface area contributed by atoms with Gasteiger partial charge in [0.05, 0.1) is 14.9 Å². The van der Waals surface area contributed by atoms with Gasteiger partial charge in [0.2, 0.25) is 0 Å². The van der Waals surface area contributed by atoms with Gasteiger partial charge in [0, 0.05) is 22.2 Å². The molecule has 20 heavy (non-hydrogen) atoms. The molecule has 0 atom stereocenters. The van der Waals surface area contributed by atoms with Crippen LogP contribution in [0.5, 0.6) is 5.75 Å². The molecule has 2 nitrogen and oxygen atoms in total. The molecule has 0 bridgehead atoms. The number of fused-ring (bicyclic) bond motifs is 4. The average Bonchev–Trinajstić information content (AvgIpc) is 2.94. The summed E-state index contributed by atoms with van der Waals surface area (Å²) in [5.41, 5.74) is 0.792. The molecule has 0 radical (unpaired) electrons. The quantitative estimate of drug-likeness (QED) is 0.467. The minimum absolute atomic E-state index is 0.163. The summed E-state index contributed by atoms with van der Waals surface area (Å²) in [6, 6.07) is 11.5. The van der Waals surface area contributed by atoms with Crippen molar-refractivity contribution in [2.45, 2.75) is 0 Å². The van der Waals surface area contributed by atoms with Gasteiger partial charge < -0.3 is 9.15 Å². The molecule has 0 fully saturated rings. The molecule has 0 aliphatic heterocycles. The summed E-state index contributed by atoms with van der Waals surface area (Å²) >= 11 is 6.56. The van der Waals surface area contributed by atoms with Gasteiger partial charge in [0.25, 0.3) is 0 Å². The zero-order chi connectivity index (χ0) is 15.4. The largest absolute Gasteiger partial charge is 0.497 e. The van der Waals surface area contributed by atoms with Crippen molar-refractivity contribution >= 4 is 44.3 Å². The molecular formula is C17H11ClO2. The Morgan fingerprint density at radius 2 is 1.90 bits per heavy atom. The predicted molar refractivity (Wildman–Crippen MR) is 82.8 cm³/mol. The van der Waals surface area contributed by atoms with Gasteiger partial charge in [0.1, 0.15) is 16.9 Å². The lowest BCUT2D eigenvalue weighted by atomic mass is 10.1. The number of furan rings is 1. The first-order valence-electron chi connectivity index (χ1n) is 7.20. The summed E-state index contributed by atoms with van der Waals surface area (Å²) in [6.07, 6.45) is 0. The van der Waals surface area contributed by atoms with Gasteiger partial charge in [-0.25, -0.2) is 0 Å². The first-order valence-corrected chi connectivity index (χ1v) is 6.58. The second kappa shape index (κ2) is 4.15. The maximum Gasteiger partial charge on any atom is 0.139 e. The molecule has 0 aliphatic carbocycles. The minimum atomic E-state index is 0.163. The fourth-order valence-corrected chi connectivity index (χ4v) is 2.83. The van der Waals surface area contributed by atoms with Crippen LogP contribution in [-0.2, 0) is 0 Å². The van der Waals surface area contributed by atoms with Gasteiger partial charge in [-0.1, -0.05) is 35.9 Å². The molecule has 0 unspecified atom stereocenters. The van der Waals surface area contributed by atoms with Crippen LogP contribution in [0.3, 0.4) is 0 Å². The monoisotopic (exact) mass is 284 g/mol. The van der Waals surface area contributed by atoms with Gasteiger partial charge in [0.15, 0.2) is 0 Å². The van der Waals surface area contributed by atoms with Crippen LogP contribution in [0.25, 0.3) is 32.7 Å². The third-order valence-corrected chi connectivity index (χ3v) is 3.83. The van der Waals surface area contributed by atoms with Crippen LogP contribution in [-0.4, -0.2) is 7.11 Å². The number of methoxy groups -OCH3 is 1. The highest BCUT2D eigenvalue weighted by molar-refractivity contribution is 6.42. The van der Waals surface area contributed by atoms with Gasteiger partial charge in [-0.2, -0.15) is 0 Å². The molecule has 3 aromatic carbocycles. The highest BCUT2D eigenvalue weighted by atomic mass is 35.5. The lowest BCUT2D eigenvalue weighted by molar-refractivity contribution is 0.414. The molecule has 0 amide bonds. The molecule has 0 saturated heterocycles. The smallest absolute Gasteiger partial charge is 0.139 e. The highest BCUT2D eigenvalue weighted by Crippen LogP contribution is 2.39. The van der Waals surface area contributed by atoms with Gasteiger partial charge in [-0.05, 0) is 23.6 Å². The Morgan fingerprint density at radius 3 is 2.75 bits per heavy atom. The van der Waals surface area contributed by atoms with Crippen LogP contribution in [0.1, 0.15) is 2.74 Å². The van der Waals surface area contributed by atoms with Crippen molar-refractivity contribution in [2.24, 2.45) is 0 Å². The Hall–Kier alpha value is -2.19. The third kappa shape index (κ3) is 1.52. The second-order valence-electron chi connectivity index (χ2n) is 4.56. The van der Waals surface area contributed by atoms with E-state index < -0.39 is 0 Å². The Kier molecular flexibility index (Phi) is 2.01. The normalized spacial score (nSPS) is 12.9. The summed E-state index contributed by atoms with van der Waals surface area (Å²) < 4.78 is 27.5. The van der Waals surface area contributed by atoms with Crippen molar-refractivity contribution in [3.8, 4) is 5.75 Å². The molecule has 98 valence electrons. The molecule has 0 N–H and O–H groups in total. The van der Waals surface area contributed by atoms with E-state index in [-0.39, 0.29) is 12.1 Å². The number of benzene rings is 3. The molecular weight excluding hydrogens is 272 g/mol. The zero-order valence-electron chi connectivity index (χ0n) is 12.7. The van der Waals surface area contributed by atoms with Crippen LogP contribution in [0.2, 0.25) is 5.02 Å². The first-order chi connectivity index (χ1) is 10.6. The lowest BCUT2D eigenvalue weighted by Crippen LogP contribution is -1.80. The molecule has 4 aromatic rings. The van der Waals surface area contributed by atoms with Crippen LogP contribution < -0.4 is 4.74 Å². The summed E-state index contributed by atoms with van der Waals surface area (Å²) in [5, 5.41) is 3.50. The first kappa shape index (κ1) is 9.67. The number of hydrogen-bond acceptors (Lipinski definition) is 2. The average molecular weight is 285 g/mol. The van der Waals surface area contributed by atoms with Crippen molar-refractivity contribution in [1.29, 1.82) is 0 Å². The Labute approximate surface area is 123 Å². The van der Waals surface area contributed by atoms with Crippen molar-refractivity contribution in [3.63, 3.8) is 0 Å². The topological polar surface area (TPSA) is 22.4 Å². The lowest BCUT2D eigenvalue weighted by Gasteiger charge is -2.01. The molecule has 0 spiro atoms. The Balaban J connectivity index is 2.30. The van der Waals surface area contributed by atoms with E-state index in [4.69, 9.17) is 23.5 Å². The van der Waals surface area contributed by atoms with Crippen molar-refractivity contribution in [1.82, 2.24) is 0 Å². The van der Waals surface area contributed by atoms with Crippen molar-refractivity contribution in [2.75, 3.05) is 7.11 Å². The van der Waals surface area contributed by atoms with E-state index in [1.54, 1.807) is 6.07 Å². The van der Waals surface area contributed by atoms with Crippen molar-refractivity contribution in [3.05, 3.63) is 53.5 Å². The summed E-state index contributed by atoms with van der Waals surface area (Å²) in [7, 11) is 1.51. The summed E-state index contributed by atoms with van der Waals surface area (Å²) in [4.78, 5) is 0. The van der Waals surface area contributed by atoms with Gasteiger partial charge >= 0.3 is 0 Å². The van der Waals surface area contributed by atoms with E-state index in [0.717, 1.165) is 16.2 Å². The molecule has 1 heterocycles. The van der Waals surface area contributed by atoms with E-state index >= 15 is 0 Å². The number of halogens is 1. The maximum absolute atomic E-state index is 8.39. The molecule has 0 aliphatic rings. The molecule has 0 saturated carbocycles. The number of rotatable bonds is 1. The number of hydrogen-bond donors (Lipinski definition) is 0. The van der Waals surface area contributed by atoms with E-state index in [1.165, 1.54) is 7.11 Å². The third-order valence-electron chi connectivity index (χ3n) is 3.43. The van der Waals surface area contributed by atoms with E-state index in [2.05, 4.69) is 0 Å². The van der Waals surface area contributed by atoms with Gasteiger partial charge in [-0.3, -0.25) is 0 Å². The predicted octanol–water partition coefficient (Wildman–Crippen LogP) is 5.40. The van der Waals surface area contributed by atoms with Crippen molar-refractivity contribution < 1.29 is 11.9 Å². The van der Waals surface area contributed by atoms with E-state index in [9.17, 15) is 0 Å². The van der Waals surface area contributed by atoms with Gasteiger partial charge in [-0.15, -0.1) is 0 Å². The second-order valence-corrected chi connectivity index (χ2v) is 4.94. The van der Waals surface area contributed by atoms with E-state index in [0.29, 0.717) is 27.3 Å². The fraction of sp³-hybridized carbons (Fsp3) is 0.0588. The zero-order valence-corrected chi connectivity index (χ0v) is 11.4. The highest BCUT2D eigenvalue weighted by Gasteiger charge is 2.13. The Bertz CT molecular complexity index is 1050. The maximum atomic E-state index is 8.39. The van der Waals surface area contributed by atoms with Crippen LogP contribution >= 0.6 is 11.6 Å². The standard InChI is InChI=1S/C17H11ClO2/c1-19-11-6-7-13-14(9-11)20-15-8-10-4-2-3-5-12(10)17(18)16(13)15/h2-9H,1H3/i8D,9D. The van der Waals surface area contributed by atoms with Crippen LogP contribution in [0.15, 0.2) is 52.9 Å². The van der Waals surface area contributed by atoms with Crippen LogP contribution in [0.4, 0.5) is 0 Å². The summed E-state index contributed by atoms with van der Waals surface area (Å²) in [5.74, 6) is 0.429. The SMILES string of the molecule is [2H]c1c(OC)ccc2c1oc1c([2H])c3ccccc3c(Cl)c12. The number of ether oxygens (including phenoxy) is 1. The molecule has 4 rings (SSSR count). The van der Waals surface area contributed by atoms with E-state index in [1.807, 2.05) is 30.3 Å². The molecule has 1 aromatic heterocycles. The van der Waals surface area contributed by atoms with Crippen LogP contribution in [0, 0.1) is 0 Å². The summed E-state index contributed by atoms with van der Waals surface area (Å²) in [6.45, 7) is 0. The molecule has 3 heteroatoms. The fourth-order valence-electron chi connectivity index (χ4n) is 2.47. The minimum Gasteiger partial charge on any atom is -0.497 e.